The molecule has 1 N–H and O–H groups in total. The molecule has 1 saturated heterocycles. The van der Waals surface area contributed by atoms with E-state index in [1.54, 1.807) is 24.3 Å². The highest BCUT2D eigenvalue weighted by molar-refractivity contribution is 6.30. The molecule has 206 valence electrons. The average Bonchev–Trinajstić information content (AvgIpc) is 3.65. The Hall–Kier alpha value is -4.15. The number of tetrazole rings is 1. The van der Waals surface area contributed by atoms with E-state index in [1.807, 2.05) is 31.2 Å². The predicted octanol–water partition coefficient (Wildman–Crippen LogP) is 4.51. The number of aryl methyl sites for hydroxylation is 1. The van der Waals surface area contributed by atoms with Crippen molar-refractivity contribution in [3.63, 3.8) is 0 Å². The Morgan fingerprint density at radius 3 is 2.50 bits per heavy atom. The molecule has 0 saturated carbocycles. The number of ether oxygens (including phenoxy) is 1. The topological polar surface area (TPSA) is 102 Å². The van der Waals surface area contributed by atoms with Crippen molar-refractivity contribution in [3.05, 3.63) is 94.8 Å². The summed E-state index contributed by atoms with van der Waals surface area (Å²) in [6.07, 6.45) is 1.75. The Morgan fingerprint density at radius 2 is 1.82 bits per heavy atom. The van der Waals surface area contributed by atoms with Crippen LogP contribution < -0.4 is 10.2 Å². The number of nitrogens with one attached hydrogen (secondary N) is 1. The van der Waals surface area contributed by atoms with Crippen LogP contribution in [0.5, 0.6) is 0 Å². The highest BCUT2D eigenvalue weighted by Gasteiger charge is 2.34. The van der Waals surface area contributed by atoms with Crippen LogP contribution in [0.2, 0.25) is 5.02 Å². The van der Waals surface area contributed by atoms with E-state index in [0.29, 0.717) is 35.0 Å². The summed E-state index contributed by atoms with van der Waals surface area (Å²) < 4.78 is 19.0. The van der Waals surface area contributed by atoms with Crippen molar-refractivity contribution in [2.75, 3.05) is 18.1 Å². The molecule has 3 aromatic carbocycles. The van der Waals surface area contributed by atoms with Gasteiger partial charge < -0.3 is 10.1 Å². The van der Waals surface area contributed by atoms with Gasteiger partial charge in [0.1, 0.15) is 18.4 Å². The summed E-state index contributed by atoms with van der Waals surface area (Å²) in [6.45, 7) is 2.67. The fourth-order valence-electron chi connectivity index (χ4n) is 4.54. The molecule has 0 bridgehead atoms. The van der Waals surface area contributed by atoms with E-state index in [9.17, 15) is 14.0 Å². The molecule has 11 heteroatoms. The van der Waals surface area contributed by atoms with Crippen molar-refractivity contribution in [1.29, 1.82) is 0 Å². The molecule has 1 aliphatic rings. The SMILES string of the molecule is Cc1ccc([C@H](C(=O)NC[C@H]2CCCO2)N(C(=O)Cn2nnc(-c3ccc(F)cc3)n2)c2ccc(Cl)cc2)cc1. The van der Waals surface area contributed by atoms with Crippen LogP contribution in [0.15, 0.2) is 72.8 Å². The molecule has 5 rings (SSSR count). The third-order valence-corrected chi connectivity index (χ3v) is 6.88. The molecule has 40 heavy (non-hydrogen) atoms. The second-order valence-corrected chi connectivity index (χ2v) is 10.0. The zero-order valence-electron chi connectivity index (χ0n) is 21.8. The molecule has 1 fully saturated rings. The average molecular weight is 563 g/mol. The molecule has 9 nitrogen and oxygen atoms in total. The third-order valence-electron chi connectivity index (χ3n) is 6.63. The summed E-state index contributed by atoms with van der Waals surface area (Å²) in [7, 11) is 0. The third kappa shape index (κ3) is 6.52. The zero-order chi connectivity index (χ0) is 28.1. The first-order chi connectivity index (χ1) is 19.4. The van der Waals surface area contributed by atoms with Gasteiger partial charge in [-0.15, -0.1) is 10.2 Å². The maximum absolute atomic E-state index is 13.9. The van der Waals surface area contributed by atoms with Crippen molar-refractivity contribution in [2.24, 2.45) is 0 Å². The molecule has 2 amide bonds. The van der Waals surface area contributed by atoms with Crippen LogP contribution in [0.4, 0.5) is 10.1 Å². The lowest BCUT2D eigenvalue weighted by Crippen LogP contribution is -2.46. The number of hydrogen-bond acceptors (Lipinski definition) is 6. The first kappa shape index (κ1) is 27.4. The summed E-state index contributed by atoms with van der Waals surface area (Å²) >= 11 is 6.14. The van der Waals surface area contributed by atoms with Crippen molar-refractivity contribution < 1.29 is 18.7 Å². The number of rotatable bonds is 9. The van der Waals surface area contributed by atoms with Crippen LogP contribution in [0.25, 0.3) is 11.4 Å². The second-order valence-electron chi connectivity index (χ2n) is 9.58. The number of hydrogen-bond donors (Lipinski definition) is 1. The highest BCUT2D eigenvalue weighted by atomic mass is 35.5. The predicted molar refractivity (Wildman–Crippen MR) is 148 cm³/mol. The van der Waals surface area contributed by atoms with Crippen molar-refractivity contribution in [3.8, 4) is 11.4 Å². The molecule has 1 aliphatic heterocycles. The van der Waals surface area contributed by atoms with Crippen molar-refractivity contribution >= 4 is 29.1 Å². The molecule has 0 unspecified atom stereocenters. The van der Waals surface area contributed by atoms with Crippen molar-refractivity contribution in [2.45, 2.75) is 38.5 Å². The van der Waals surface area contributed by atoms with E-state index >= 15 is 0 Å². The van der Waals surface area contributed by atoms with Crippen LogP contribution in [-0.4, -0.2) is 51.3 Å². The first-order valence-electron chi connectivity index (χ1n) is 12.9. The number of carbonyl (C=O) groups is 2. The maximum atomic E-state index is 13.9. The molecule has 1 aromatic heterocycles. The quantitative estimate of drug-likeness (QED) is 0.322. The van der Waals surface area contributed by atoms with Crippen LogP contribution in [-0.2, 0) is 20.9 Å². The summed E-state index contributed by atoms with van der Waals surface area (Å²) in [4.78, 5) is 30.3. The van der Waals surface area contributed by atoms with Crippen LogP contribution in [0.3, 0.4) is 0 Å². The Morgan fingerprint density at radius 1 is 1.10 bits per heavy atom. The second kappa shape index (κ2) is 12.4. The fraction of sp³-hybridized carbons (Fsp3) is 0.276. The number of anilines is 1. The Balaban J connectivity index is 1.47. The van der Waals surface area contributed by atoms with Gasteiger partial charge in [0.2, 0.25) is 11.7 Å². The van der Waals surface area contributed by atoms with Gasteiger partial charge in [-0.05, 0) is 79.1 Å². The van der Waals surface area contributed by atoms with Gasteiger partial charge in [-0.2, -0.15) is 4.80 Å². The largest absolute Gasteiger partial charge is 0.376 e. The highest BCUT2D eigenvalue weighted by Crippen LogP contribution is 2.30. The lowest BCUT2D eigenvalue weighted by Gasteiger charge is -2.31. The van der Waals surface area contributed by atoms with Gasteiger partial charge in [-0.1, -0.05) is 41.4 Å². The van der Waals surface area contributed by atoms with Crippen LogP contribution in [0, 0.1) is 12.7 Å². The number of carbonyl (C=O) groups excluding carboxylic acids is 2. The molecule has 2 atom stereocenters. The minimum absolute atomic E-state index is 0.0634. The molecule has 0 spiro atoms. The van der Waals surface area contributed by atoms with Gasteiger partial charge in [-0.3, -0.25) is 14.5 Å². The van der Waals surface area contributed by atoms with Crippen LogP contribution in [0.1, 0.15) is 30.0 Å². The van der Waals surface area contributed by atoms with Gasteiger partial charge in [0.05, 0.1) is 6.10 Å². The Bertz CT molecular complexity index is 1450. The molecular formula is C29H28ClFN6O3. The van der Waals surface area contributed by atoms with Crippen molar-refractivity contribution in [1.82, 2.24) is 25.5 Å². The summed E-state index contributed by atoms with van der Waals surface area (Å²) in [6, 6.07) is 18.8. The number of aromatic nitrogens is 4. The normalized spacial score (nSPS) is 15.5. The fourth-order valence-corrected chi connectivity index (χ4v) is 4.67. The van der Waals surface area contributed by atoms with E-state index in [-0.39, 0.29) is 30.2 Å². The van der Waals surface area contributed by atoms with Crippen LogP contribution >= 0.6 is 11.6 Å². The smallest absolute Gasteiger partial charge is 0.251 e. The first-order valence-corrected chi connectivity index (χ1v) is 13.3. The lowest BCUT2D eigenvalue weighted by atomic mass is 10.0. The number of halogens is 2. The summed E-state index contributed by atoms with van der Waals surface area (Å²) in [5.74, 6) is -0.926. The molecule has 0 radical (unpaired) electrons. The van der Waals surface area contributed by atoms with E-state index in [4.69, 9.17) is 16.3 Å². The number of benzene rings is 3. The van der Waals surface area contributed by atoms with Gasteiger partial charge in [0.25, 0.3) is 5.91 Å². The van der Waals surface area contributed by atoms with E-state index in [0.717, 1.165) is 23.2 Å². The van der Waals surface area contributed by atoms with E-state index in [2.05, 4.69) is 20.7 Å². The van der Waals surface area contributed by atoms with E-state index < -0.39 is 11.9 Å². The molecule has 2 heterocycles. The number of amides is 2. The zero-order valence-corrected chi connectivity index (χ0v) is 22.6. The maximum Gasteiger partial charge on any atom is 0.251 e. The Labute approximate surface area is 235 Å². The van der Waals surface area contributed by atoms with Gasteiger partial charge in [0, 0.05) is 29.4 Å². The summed E-state index contributed by atoms with van der Waals surface area (Å²) in [5.41, 5.74) is 2.69. The van der Waals surface area contributed by atoms with Gasteiger partial charge in [-0.25, -0.2) is 4.39 Å². The summed E-state index contributed by atoms with van der Waals surface area (Å²) in [5, 5.41) is 15.8. The van der Waals surface area contributed by atoms with Gasteiger partial charge >= 0.3 is 0 Å². The standard InChI is InChI=1S/C29H28ClFN6O3/c1-19-4-6-20(7-5-19)27(29(39)32-17-25-3-2-16-40-25)37(24-14-10-22(30)11-15-24)26(38)18-36-34-28(33-35-36)21-8-12-23(31)13-9-21/h4-15,25,27H,2-3,16-18H2,1H3,(H,32,39)/t25-,27-/m1/s1. The molecule has 4 aromatic rings. The monoisotopic (exact) mass is 562 g/mol. The molecular weight excluding hydrogens is 535 g/mol. The molecule has 0 aliphatic carbocycles. The minimum Gasteiger partial charge on any atom is -0.376 e. The number of nitrogens with zero attached hydrogens (tertiary/aromatic N) is 5. The lowest BCUT2D eigenvalue weighted by molar-refractivity contribution is -0.127. The minimum atomic E-state index is -0.990. The van der Waals surface area contributed by atoms with Gasteiger partial charge in [0.15, 0.2) is 0 Å². The Kier molecular flexibility index (Phi) is 8.47. The van der Waals surface area contributed by atoms with E-state index in [1.165, 1.54) is 29.2 Å².